The molecular formula is C16H17F2N3O. The number of rotatable bonds is 3. The molecule has 4 nitrogen and oxygen atoms in total. The van der Waals surface area contributed by atoms with Crippen molar-refractivity contribution in [2.24, 2.45) is 0 Å². The number of likely N-dealkylation sites (tertiary alicyclic amines) is 1. The molecule has 22 heavy (non-hydrogen) atoms. The molecule has 3 rings (SSSR count). The predicted octanol–water partition coefficient (Wildman–Crippen LogP) is 2.77. The zero-order valence-corrected chi connectivity index (χ0v) is 12.3. The SMILES string of the molecule is Cc1cnn(C[C@@H]2CCCN2C(=O)c2ccc(F)c(F)c2)c1. The van der Waals surface area contributed by atoms with E-state index >= 15 is 0 Å². The lowest BCUT2D eigenvalue weighted by atomic mass is 10.1. The molecule has 1 atom stereocenters. The van der Waals surface area contributed by atoms with Gasteiger partial charge in [0.1, 0.15) is 0 Å². The highest BCUT2D eigenvalue weighted by atomic mass is 19.2. The normalized spacial score (nSPS) is 18.0. The molecule has 6 heteroatoms. The van der Waals surface area contributed by atoms with E-state index in [4.69, 9.17) is 0 Å². The van der Waals surface area contributed by atoms with Crippen LogP contribution in [0.3, 0.4) is 0 Å². The van der Waals surface area contributed by atoms with Gasteiger partial charge in [0.2, 0.25) is 0 Å². The number of halogens is 2. The Hall–Kier alpha value is -2.24. The highest BCUT2D eigenvalue weighted by Gasteiger charge is 2.30. The molecular weight excluding hydrogens is 288 g/mol. The fraction of sp³-hybridized carbons (Fsp3) is 0.375. The number of hydrogen-bond acceptors (Lipinski definition) is 2. The minimum Gasteiger partial charge on any atom is -0.334 e. The molecule has 0 aliphatic carbocycles. The van der Waals surface area contributed by atoms with Crippen molar-refractivity contribution in [3.63, 3.8) is 0 Å². The highest BCUT2D eigenvalue weighted by Crippen LogP contribution is 2.22. The minimum absolute atomic E-state index is 0.0277. The quantitative estimate of drug-likeness (QED) is 0.874. The number of hydrogen-bond donors (Lipinski definition) is 0. The molecule has 1 aliphatic heterocycles. The summed E-state index contributed by atoms with van der Waals surface area (Å²) in [7, 11) is 0. The lowest BCUT2D eigenvalue weighted by Crippen LogP contribution is -2.38. The van der Waals surface area contributed by atoms with Gasteiger partial charge in [0.15, 0.2) is 11.6 Å². The summed E-state index contributed by atoms with van der Waals surface area (Å²) in [6, 6.07) is 3.31. The van der Waals surface area contributed by atoms with Crippen molar-refractivity contribution >= 4 is 5.91 Å². The summed E-state index contributed by atoms with van der Waals surface area (Å²) in [5.41, 5.74) is 1.25. The van der Waals surface area contributed by atoms with Gasteiger partial charge in [-0.05, 0) is 43.5 Å². The molecule has 2 aromatic rings. The van der Waals surface area contributed by atoms with Gasteiger partial charge in [0.05, 0.1) is 18.8 Å². The number of aryl methyl sites for hydroxylation is 1. The molecule has 1 aromatic heterocycles. The summed E-state index contributed by atoms with van der Waals surface area (Å²) in [6.45, 7) is 3.20. The molecule has 1 fully saturated rings. The Bertz CT molecular complexity index is 698. The Morgan fingerprint density at radius 3 is 2.86 bits per heavy atom. The maximum Gasteiger partial charge on any atom is 0.254 e. The molecule has 1 aromatic carbocycles. The lowest BCUT2D eigenvalue weighted by molar-refractivity contribution is 0.0721. The van der Waals surface area contributed by atoms with Gasteiger partial charge >= 0.3 is 0 Å². The monoisotopic (exact) mass is 305 g/mol. The first-order chi connectivity index (χ1) is 10.5. The van der Waals surface area contributed by atoms with Crippen LogP contribution in [0.2, 0.25) is 0 Å². The van der Waals surface area contributed by atoms with Crippen LogP contribution >= 0.6 is 0 Å². The molecule has 0 bridgehead atoms. The second-order valence-electron chi connectivity index (χ2n) is 5.66. The third-order valence-corrected chi connectivity index (χ3v) is 3.96. The van der Waals surface area contributed by atoms with E-state index in [0.717, 1.165) is 30.5 Å². The summed E-state index contributed by atoms with van der Waals surface area (Å²) < 4.78 is 28.1. The van der Waals surface area contributed by atoms with Gasteiger partial charge < -0.3 is 4.90 Å². The van der Waals surface area contributed by atoms with Crippen LogP contribution in [0, 0.1) is 18.6 Å². The van der Waals surface area contributed by atoms with Crippen LogP contribution in [0.25, 0.3) is 0 Å². The van der Waals surface area contributed by atoms with Crippen LogP contribution in [0.15, 0.2) is 30.6 Å². The van der Waals surface area contributed by atoms with E-state index in [-0.39, 0.29) is 17.5 Å². The summed E-state index contributed by atoms with van der Waals surface area (Å²) in [6.07, 6.45) is 5.49. The summed E-state index contributed by atoms with van der Waals surface area (Å²) >= 11 is 0. The van der Waals surface area contributed by atoms with E-state index < -0.39 is 11.6 Å². The van der Waals surface area contributed by atoms with Crippen LogP contribution in [-0.4, -0.2) is 33.2 Å². The third kappa shape index (κ3) is 2.86. The number of carbonyl (C=O) groups excluding carboxylic acids is 1. The van der Waals surface area contributed by atoms with Crippen molar-refractivity contribution in [1.82, 2.24) is 14.7 Å². The second-order valence-corrected chi connectivity index (χ2v) is 5.66. The minimum atomic E-state index is -0.996. The smallest absolute Gasteiger partial charge is 0.254 e. The molecule has 1 saturated heterocycles. The van der Waals surface area contributed by atoms with Crippen LogP contribution < -0.4 is 0 Å². The van der Waals surface area contributed by atoms with Gasteiger partial charge in [-0.1, -0.05) is 0 Å². The fourth-order valence-electron chi connectivity index (χ4n) is 2.87. The van der Waals surface area contributed by atoms with Crippen LogP contribution in [-0.2, 0) is 6.54 Å². The molecule has 0 saturated carbocycles. The van der Waals surface area contributed by atoms with Crippen molar-refractivity contribution in [3.8, 4) is 0 Å². The van der Waals surface area contributed by atoms with E-state index in [0.29, 0.717) is 13.1 Å². The summed E-state index contributed by atoms with van der Waals surface area (Å²) in [5.74, 6) is -2.20. The maximum atomic E-state index is 13.3. The first kappa shape index (κ1) is 14.7. The maximum absolute atomic E-state index is 13.3. The Balaban J connectivity index is 1.77. The topological polar surface area (TPSA) is 38.1 Å². The van der Waals surface area contributed by atoms with Crippen LogP contribution in [0.1, 0.15) is 28.8 Å². The van der Waals surface area contributed by atoms with Crippen molar-refractivity contribution in [2.45, 2.75) is 32.4 Å². The van der Waals surface area contributed by atoms with E-state index in [9.17, 15) is 13.6 Å². The van der Waals surface area contributed by atoms with Gasteiger partial charge in [0, 0.05) is 18.3 Å². The van der Waals surface area contributed by atoms with Gasteiger partial charge in [-0.3, -0.25) is 9.48 Å². The standard InChI is InChI=1S/C16H17F2N3O/c1-11-8-19-20(9-11)10-13-3-2-6-21(13)16(22)12-4-5-14(17)15(18)7-12/h4-5,7-9,13H,2-3,6,10H2,1H3/t13-/m0/s1. The third-order valence-electron chi connectivity index (χ3n) is 3.96. The highest BCUT2D eigenvalue weighted by molar-refractivity contribution is 5.94. The van der Waals surface area contributed by atoms with E-state index in [1.165, 1.54) is 6.07 Å². The van der Waals surface area contributed by atoms with Gasteiger partial charge in [-0.25, -0.2) is 8.78 Å². The molecule has 0 spiro atoms. The van der Waals surface area contributed by atoms with Gasteiger partial charge in [-0.2, -0.15) is 5.10 Å². The van der Waals surface area contributed by atoms with E-state index in [1.807, 2.05) is 17.8 Å². The summed E-state index contributed by atoms with van der Waals surface area (Å²) in [5, 5.41) is 4.24. The molecule has 0 N–H and O–H groups in total. The average molecular weight is 305 g/mol. The van der Waals surface area contributed by atoms with Gasteiger partial charge in [-0.15, -0.1) is 0 Å². The first-order valence-corrected chi connectivity index (χ1v) is 7.29. The zero-order valence-electron chi connectivity index (χ0n) is 12.3. The number of benzene rings is 1. The van der Waals surface area contributed by atoms with E-state index in [1.54, 1.807) is 11.1 Å². The van der Waals surface area contributed by atoms with Crippen LogP contribution in [0.4, 0.5) is 8.78 Å². The number of amides is 1. The largest absolute Gasteiger partial charge is 0.334 e. The molecule has 1 amide bonds. The molecule has 116 valence electrons. The Labute approximate surface area is 127 Å². The molecule has 0 radical (unpaired) electrons. The second kappa shape index (κ2) is 5.87. The summed E-state index contributed by atoms with van der Waals surface area (Å²) in [4.78, 5) is 14.2. The average Bonchev–Trinajstić information content (AvgIpc) is 3.11. The van der Waals surface area contributed by atoms with Crippen molar-refractivity contribution in [2.75, 3.05) is 6.54 Å². The lowest BCUT2D eigenvalue weighted by Gasteiger charge is -2.24. The van der Waals surface area contributed by atoms with Crippen molar-refractivity contribution < 1.29 is 13.6 Å². The zero-order chi connectivity index (χ0) is 15.7. The van der Waals surface area contributed by atoms with Crippen molar-refractivity contribution in [3.05, 3.63) is 53.4 Å². The van der Waals surface area contributed by atoms with E-state index in [2.05, 4.69) is 5.10 Å². The van der Waals surface area contributed by atoms with Gasteiger partial charge in [0.25, 0.3) is 5.91 Å². The Morgan fingerprint density at radius 2 is 2.18 bits per heavy atom. The van der Waals surface area contributed by atoms with Crippen molar-refractivity contribution in [1.29, 1.82) is 0 Å². The number of nitrogens with zero attached hydrogens (tertiary/aromatic N) is 3. The Kier molecular flexibility index (Phi) is 3.92. The van der Waals surface area contributed by atoms with Crippen LogP contribution in [0.5, 0.6) is 0 Å². The number of aromatic nitrogens is 2. The fourth-order valence-corrected chi connectivity index (χ4v) is 2.87. The Morgan fingerprint density at radius 1 is 1.36 bits per heavy atom. The molecule has 0 unspecified atom stereocenters. The molecule has 1 aliphatic rings. The molecule has 2 heterocycles. The number of carbonyl (C=O) groups is 1. The first-order valence-electron chi connectivity index (χ1n) is 7.29. The predicted molar refractivity (Wildman–Crippen MR) is 77.4 cm³/mol.